The maximum Gasteiger partial charge on any atom is 0.123 e. The van der Waals surface area contributed by atoms with Crippen molar-refractivity contribution >= 4 is 11.8 Å². The molecule has 0 nitrogen and oxygen atoms in total. The first-order valence-corrected chi connectivity index (χ1v) is 6.71. The number of hydrogen-bond donors (Lipinski definition) is 0. The highest BCUT2D eigenvalue weighted by Crippen LogP contribution is 2.44. The predicted molar refractivity (Wildman–Crippen MR) is 69.8 cm³/mol. The third-order valence-corrected chi connectivity index (χ3v) is 4.60. The van der Waals surface area contributed by atoms with Crippen molar-refractivity contribution in [1.82, 2.24) is 0 Å². The molecule has 17 heavy (non-hydrogen) atoms. The molecule has 1 heterocycles. The smallest absolute Gasteiger partial charge is 0.123 e. The largest absolute Gasteiger partial charge is 0.207 e. The first-order valence-electron chi connectivity index (χ1n) is 5.83. The van der Waals surface area contributed by atoms with Gasteiger partial charge in [0, 0.05) is 10.1 Å². The van der Waals surface area contributed by atoms with Gasteiger partial charge in [0.2, 0.25) is 0 Å². The summed E-state index contributed by atoms with van der Waals surface area (Å²) in [6.07, 6.45) is 2.25. The Hall–Kier alpha value is -1.28. The van der Waals surface area contributed by atoms with Crippen molar-refractivity contribution in [3.63, 3.8) is 0 Å². The zero-order chi connectivity index (χ0) is 11.7. The van der Waals surface area contributed by atoms with E-state index < -0.39 is 0 Å². The monoisotopic (exact) mass is 244 g/mol. The Morgan fingerprint density at radius 3 is 2.59 bits per heavy atom. The molecule has 1 aliphatic heterocycles. The van der Waals surface area contributed by atoms with Crippen LogP contribution in [0.1, 0.15) is 22.8 Å². The van der Waals surface area contributed by atoms with E-state index in [1.807, 2.05) is 23.9 Å². The topological polar surface area (TPSA) is 0 Å². The van der Waals surface area contributed by atoms with Gasteiger partial charge in [-0.25, -0.2) is 4.39 Å². The molecule has 2 heteroatoms. The lowest BCUT2D eigenvalue weighted by atomic mass is 10.0. The van der Waals surface area contributed by atoms with E-state index in [0.717, 1.165) is 12.8 Å². The standard InChI is InChI=1S/C15H13FS/c16-13-8-5-12(6-9-13)15-10-7-11-3-1-2-4-14(11)17-15/h1-6,8-9,15H,7,10H2/t15-/m1/s1. The van der Waals surface area contributed by atoms with E-state index in [2.05, 4.69) is 24.3 Å². The van der Waals surface area contributed by atoms with Crippen LogP contribution in [0.15, 0.2) is 53.4 Å². The van der Waals surface area contributed by atoms with Crippen LogP contribution >= 0.6 is 11.8 Å². The maximum absolute atomic E-state index is 12.9. The van der Waals surface area contributed by atoms with E-state index in [-0.39, 0.29) is 5.82 Å². The fraction of sp³-hybridized carbons (Fsp3) is 0.200. The first kappa shape index (κ1) is 10.8. The Bertz CT molecular complexity index is 519. The lowest BCUT2D eigenvalue weighted by Gasteiger charge is -2.24. The second-order valence-electron chi connectivity index (χ2n) is 4.30. The molecule has 1 aliphatic rings. The first-order chi connectivity index (χ1) is 8.33. The average Bonchev–Trinajstić information content (AvgIpc) is 2.39. The average molecular weight is 244 g/mol. The molecule has 0 aromatic heterocycles. The number of fused-ring (bicyclic) bond motifs is 1. The SMILES string of the molecule is Fc1ccc([C@H]2CCc3ccccc3S2)cc1. The zero-order valence-corrected chi connectivity index (χ0v) is 10.2. The van der Waals surface area contributed by atoms with Gasteiger partial charge in [0.15, 0.2) is 0 Å². The molecule has 2 aromatic rings. The second kappa shape index (κ2) is 4.53. The van der Waals surface area contributed by atoms with Crippen LogP contribution in [-0.4, -0.2) is 0 Å². The van der Waals surface area contributed by atoms with Crippen LogP contribution in [0.5, 0.6) is 0 Å². The molecule has 0 spiro atoms. The van der Waals surface area contributed by atoms with Gasteiger partial charge in [0.25, 0.3) is 0 Å². The molecule has 0 fully saturated rings. The number of rotatable bonds is 1. The molecule has 86 valence electrons. The van der Waals surface area contributed by atoms with Crippen molar-refractivity contribution in [2.24, 2.45) is 0 Å². The minimum Gasteiger partial charge on any atom is -0.207 e. The Labute approximate surface area is 105 Å². The summed E-state index contributed by atoms with van der Waals surface area (Å²) >= 11 is 1.89. The summed E-state index contributed by atoms with van der Waals surface area (Å²) in [6.45, 7) is 0. The molecule has 1 atom stereocenters. The lowest BCUT2D eigenvalue weighted by molar-refractivity contribution is 0.626. The van der Waals surface area contributed by atoms with E-state index >= 15 is 0 Å². The van der Waals surface area contributed by atoms with E-state index in [9.17, 15) is 4.39 Å². The van der Waals surface area contributed by atoms with Crippen LogP contribution < -0.4 is 0 Å². The lowest BCUT2D eigenvalue weighted by Crippen LogP contribution is -2.04. The van der Waals surface area contributed by atoms with Gasteiger partial charge in [0.1, 0.15) is 5.82 Å². The third kappa shape index (κ3) is 2.22. The molecule has 0 radical (unpaired) electrons. The van der Waals surface area contributed by atoms with Crippen LogP contribution in [0.3, 0.4) is 0 Å². The molecule has 3 rings (SSSR count). The minimum atomic E-state index is -0.157. The highest BCUT2D eigenvalue weighted by Gasteiger charge is 2.20. The summed E-state index contributed by atoms with van der Waals surface area (Å²) in [7, 11) is 0. The normalized spacial score (nSPS) is 18.8. The van der Waals surface area contributed by atoms with Gasteiger partial charge in [-0.1, -0.05) is 30.3 Å². The summed E-state index contributed by atoms with van der Waals surface area (Å²) < 4.78 is 12.9. The number of halogens is 1. The van der Waals surface area contributed by atoms with Gasteiger partial charge >= 0.3 is 0 Å². The van der Waals surface area contributed by atoms with Crippen molar-refractivity contribution in [1.29, 1.82) is 0 Å². The van der Waals surface area contributed by atoms with Crippen LogP contribution in [-0.2, 0) is 6.42 Å². The minimum absolute atomic E-state index is 0.157. The van der Waals surface area contributed by atoms with Gasteiger partial charge < -0.3 is 0 Å². The molecule has 0 saturated heterocycles. The Kier molecular flexibility index (Phi) is 2.89. The highest BCUT2D eigenvalue weighted by atomic mass is 32.2. The third-order valence-electron chi connectivity index (χ3n) is 3.16. The predicted octanol–water partition coefficient (Wildman–Crippen LogP) is 4.61. The van der Waals surface area contributed by atoms with Crippen LogP contribution in [0, 0.1) is 5.82 Å². The maximum atomic E-state index is 12.9. The molecule has 0 N–H and O–H groups in total. The number of hydrogen-bond acceptors (Lipinski definition) is 1. The Morgan fingerprint density at radius 1 is 1.00 bits per heavy atom. The van der Waals surface area contributed by atoms with Gasteiger partial charge in [0.05, 0.1) is 0 Å². The van der Waals surface area contributed by atoms with Crippen molar-refractivity contribution in [3.05, 3.63) is 65.5 Å². The highest BCUT2D eigenvalue weighted by molar-refractivity contribution is 7.99. The number of thioether (sulfide) groups is 1. The summed E-state index contributed by atoms with van der Waals surface area (Å²) in [5, 5.41) is 0.463. The molecule has 0 saturated carbocycles. The van der Waals surface area contributed by atoms with E-state index in [4.69, 9.17) is 0 Å². The summed E-state index contributed by atoms with van der Waals surface area (Å²) in [5.74, 6) is -0.157. The molecular weight excluding hydrogens is 231 g/mol. The second-order valence-corrected chi connectivity index (χ2v) is 5.55. The van der Waals surface area contributed by atoms with Crippen molar-refractivity contribution in [3.8, 4) is 0 Å². The van der Waals surface area contributed by atoms with Gasteiger partial charge in [-0.15, -0.1) is 11.8 Å². The summed E-state index contributed by atoms with van der Waals surface area (Å²) in [6, 6.07) is 15.5. The van der Waals surface area contributed by atoms with E-state index in [1.165, 1.54) is 16.0 Å². The Morgan fingerprint density at radius 2 is 1.76 bits per heavy atom. The van der Waals surface area contributed by atoms with Crippen LogP contribution in [0.25, 0.3) is 0 Å². The fourth-order valence-electron chi connectivity index (χ4n) is 2.24. The van der Waals surface area contributed by atoms with Gasteiger partial charge in [-0.2, -0.15) is 0 Å². The number of benzene rings is 2. The van der Waals surface area contributed by atoms with Crippen LogP contribution in [0.2, 0.25) is 0 Å². The molecule has 0 bridgehead atoms. The molecular formula is C15H13FS. The fourth-order valence-corrected chi connectivity index (χ4v) is 3.55. The summed E-state index contributed by atoms with van der Waals surface area (Å²) in [4.78, 5) is 1.37. The van der Waals surface area contributed by atoms with Crippen LogP contribution in [0.4, 0.5) is 4.39 Å². The molecule has 0 aliphatic carbocycles. The zero-order valence-electron chi connectivity index (χ0n) is 9.40. The summed E-state index contributed by atoms with van der Waals surface area (Å²) in [5.41, 5.74) is 2.67. The quantitative estimate of drug-likeness (QED) is 0.706. The van der Waals surface area contributed by atoms with Crippen molar-refractivity contribution in [2.45, 2.75) is 23.0 Å². The molecule has 0 unspecified atom stereocenters. The van der Waals surface area contributed by atoms with Gasteiger partial charge in [-0.05, 0) is 42.2 Å². The van der Waals surface area contributed by atoms with Gasteiger partial charge in [-0.3, -0.25) is 0 Å². The molecule has 2 aromatic carbocycles. The molecule has 0 amide bonds. The van der Waals surface area contributed by atoms with Crippen molar-refractivity contribution < 1.29 is 4.39 Å². The van der Waals surface area contributed by atoms with E-state index in [0.29, 0.717) is 5.25 Å². The van der Waals surface area contributed by atoms with E-state index in [1.54, 1.807) is 12.1 Å². The Balaban J connectivity index is 1.86. The van der Waals surface area contributed by atoms with Crippen molar-refractivity contribution in [2.75, 3.05) is 0 Å². The number of aryl methyl sites for hydroxylation is 1.